The van der Waals surface area contributed by atoms with Crippen LogP contribution in [0.25, 0.3) is 0 Å². The average molecular weight is 453 g/mol. The van der Waals surface area contributed by atoms with Crippen LogP contribution in [-0.2, 0) is 11.2 Å². The SMILES string of the molecule is CCc1ccccc1NC(=O)N1CC2=C(CN=C2NC(=O)C2([Si](C)(C)C)CCC2)C1(C)C. The van der Waals surface area contributed by atoms with Crippen LogP contribution in [0.15, 0.2) is 40.4 Å². The first kappa shape index (κ1) is 22.8. The topological polar surface area (TPSA) is 73.8 Å². The summed E-state index contributed by atoms with van der Waals surface area (Å²) in [5.74, 6) is 0.805. The molecule has 172 valence electrons. The molecule has 0 saturated heterocycles. The molecule has 1 aromatic carbocycles. The molecule has 2 N–H and O–H groups in total. The van der Waals surface area contributed by atoms with Gasteiger partial charge in [-0.15, -0.1) is 0 Å². The van der Waals surface area contributed by atoms with E-state index in [0.717, 1.165) is 48.1 Å². The van der Waals surface area contributed by atoms with E-state index in [-0.39, 0.29) is 17.0 Å². The van der Waals surface area contributed by atoms with Crippen molar-refractivity contribution >= 4 is 31.5 Å². The third kappa shape index (κ3) is 3.51. The summed E-state index contributed by atoms with van der Waals surface area (Å²) in [5.41, 5.74) is 3.65. The third-order valence-electron chi connectivity index (χ3n) is 7.97. The molecule has 0 radical (unpaired) electrons. The predicted molar refractivity (Wildman–Crippen MR) is 133 cm³/mol. The van der Waals surface area contributed by atoms with Crippen LogP contribution in [0.3, 0.4) is 0 Å². The fraction of sp³-hybridized carbons (Fsp3) is 0.560. The van der Waals surface area contributed by atoms with Crippen LogP contribution < -0.4 is 10.6 Å². The lowest BCUT2D eigenvalue weighted by Gasteiger charge is -2.49. The zero-order valence-electron chi connectivity index (χ0n) is 20.3. The Balaban J connectivity index is 1.50. The second-order valence-corrected chi connectivity index (χ2v) is 16.3. The molecule has 0 atom stereocenters. The van der Waals surface area contributed by atoms with Gasteiger partial charge in [0.15, 0.2) is 0 Å². The summed E-state index contributed by atoms with van der Waals surface area (Å²) >= 11 is 0. The van der Waals surface area contributed by atoms with Crippen LogP contribution in [0.4, 0.5) is 10.5 Å². The van der Waals surface area contributed by atoms with E-state index in [1.165, 1.54) is 0 Å². The molecule has 3 aliphatic rings. The number of anilines is 1. The van der Waals surface area contributed by atoms with Gasteiger partial charge in [0.05, 0.1) is 26.7 Å². The Labute approximate surface area is 192 Å². The fourth-order valence-electron chi connectivity index (χ4n) is 5.39. The fourth-order valence-corrected chi connectivity index (χ4v) is 7.99. The minimum atomic E-state index is -1.66. The van der Waals surface area contributed by atoms with Crippen LogP contribution in [0.5, 0.6) is 0 Å². The van der Waals surface area contributed by atoms with Crippen molar-refractivity contribution in [2.45, 2.75) is 76.7 Å². The van der Waals surface area contributed by atoms with Crippen molar-refractivity contribution in [2.24, 2.45) is 4.99 Å². The first-order valence-electron chi connectivity index (χ1n) is 11.8. The molecule has 1 aliphatic carbocycles. The van der Waals surface area contributed by atoms with Crippen LogP contribution in [0.1, 0.15) is 45.6 Å². The van der Waals surface area contributed by atoms with Crippen LogP contribution in [-0.4, -0.2) is 49.4 Å². The highest BCUT2D eigenvalue weighted by molar-refractivity contribution is 6.82. The van der Waals surface area contributed by atoms with Crippen LogP contribution >= 0.6 is 0 Å². The van der Waals surface area contributed by atoms with Gasteiger partial charge in [-0.05, 0) is 50.3 Å². The number of benzene rings is 1. The van der Waals surface area contributed by atoms with E-state index >= 15 is 0 Å². The van der Waals surface area contributed by atoms with Crippen LogP contribution in [0, 0.1) is 0 Å². The maximum atomic E-state index is 13.4. The van der Waals surface area contributed by atoms with Gasteiger partial charge in [-0.1, -0.05) is 51.2 Å². The molecule has 4 rings (SSSR count). The number of amides is 3. The minimum Gasteiger partial charge on any atom is -0.311 e. The van der Waals surface area contributed by atoms with Gasteiger partial charge in [-0.2, -0.15) is 0 Å². The van der Waals surface area contributed by atoms with Gasteiger partial charge in [-0.3, -0.25) is 9.79 Å². The number of aryl methyl sites for hydroxylation is 1. The van der Waals surface area contributed by atoms with E-state index in [1.807, 2.05) is 29.2 Å². The molecule has 0 unspecified atom stereocenters. The summed E-state index contributed by atoms with van der Waals surface area (Å²) in [6, 6.07) is 7.80. The lowest BCUT2D eigenvalue weighted by Crippen LogP contribution is -2.55. The molecule has 0 aromatic heterocycles. The predicted octanol–water partition coefficient (Wildman–Crippen LogP) is 4.96. The molecule has 0 spiro atoms. The Bertz CT molecular complexity index is 1020. The number of para-hydroxylation sites is 1. The van der Waals surface area contributed by atoms with E-state index in [9.17, 15) is 9.59 Å². The summed E-state index contributed by atoms with van der Waals surface area (Å²) in [4.78, 5) is 33.2. The number of aliphatic imine (C=N–C) groups is 1. The minimum absolute atomic E-state index is 0.117. The van der Waals surface area contributed by atoms with Gasteiger partial charge >= 0.3 is 6.03 Å². The normalized spacial score (nSPS) is 21.1. The highest BCUT2D eigenvalue weighted by Crippen LogP contribution is 2.55. The maximum absolute atomic E-state index is 13.4. The van der Waals surface area contributed by atoms with Gasteiger partial charge in [0.2, 0.25) is 5.91 Å². The Morgan fingerprint density at radius 1 is 1.12 bits per heavy atom. The smallest absolute Gasteiger partial charge is 0.311 e. The second kappa shape index (κ2) is 7.87. The number of hydrogen-bond acceptors (Lipinski definition) is 3. The van der Waals surface area contributed by atoms with E-state index in [4.69, 9.17) is 0 Å². The van der Waals surface area contributed by atoms with Gasteiger partial charge in [0, 0.05) is 16.3 Å². The standard InChI is InChI=1S/C25H36N4O2Si/c1-7-17-11-8-9-12-20(17)27-23(31)29-16-18-19(24(29,2)3)15-26-21(18)28-22(30)25(13-10-14-25)32(4,5)6/h8-9,11-12H,7,10,13-16H2,1-6H3,(H,27,31)(H,26,28,30). The number of nitrogens with one attached hydrogen (secondary N) is 2. The number of rotatable bonds is 4. The quantitative estimate of drug-likeness (QED) is 0.634. The van der Waals surface area contributed by atoms with Crippen molar-refractivity contribution < 1.29 is 9.59 Å². The molecule has 1 fully saturated rings. The highest BCUT2D eigenvalue weighted by atomic mass is 28.3. The number of hydrogen-bond donors (Lipinski definition) is 2. The van der Waals surface area contributed by atoms with E-state index < -0.39 is 13.6 Å². The first-order chi connectivity index (χ1) is 15.0. The summed E-state index contributed by atoms with van der Waals surface area (Å²) in [6.45, 7) is 14.1. The largest absolute Gasteiger partial charge is 0.322 e. The monoisotopic (exact) mass is 452 g/mol. The van der Waals surface area contributed by atoms with Crippen LogP contribution in [0.2, 0.25) is 24.7 Å². The first-order valence-corrected chi connectivity index (χ1v) is 15.3. The van der Waals surface area contributed by atoms with Gasteiger partial charge in [0.1, 0.15) is 5.84 Å². The number of amidine groups is 1. The van der Waals surface area contributed by atoms with Crippen molar-refractivity contribution in [1.29, 1.82) is 0 Å². The molecule has 0 bridgehead atoms. The molecule has 7 heteroatoms. The number of carbonyl (C=O) groups excluding carboxylic acids is 2. The Morgan fingerprint density at radius 2 is 1.81 bits per heavy atom. The van der Waals surface area contributed by atoms with Crippen molar-refractivity contribution in [1.82, 2.24) is 10.2 Å². The Morgan fingerprint density at radius 3 is 2.41 bits per heavy atom. The van der Waals surface area contributed by atoms with Gasteiger partial charge in [0.25, 0.3) is 0 Å². The lowest BCUT2D eigenvalue weighted by atomic mass is 9.83. The summed E-state index contributed by atoms with van der Waals surface area (Å²) in [6.07, 6.45) is 3.93. The number of nitrogens with zero attached hydrogens (tertiary/aromatic N) is 2. The molecule has 1 aromatic rings. The average Bonchev–Trinajstić information content (AvgIpc) is 3.18. The molecule has 2 heterocycles. The Hall–Kier alpha value is -2.41. The molecule has 32 heavy (non-hydrogen) atoms. The van der Waals surface area contributed by atoms with E-state index in [0.29, 0.717) is 18.9 Å². The molecular formula is C25H36N4O2Si. The summed E-state index contributed by atoms with van der Waals surface area (Å²) < 4.78 is 0. The maximum Gasteiger partial charge on any atom is 0.322 e. The van der Waals surface area contributed by atoms with Gasteiger partial charge in [-0.25, -0.2) is 4.79 Å². The molecule has 2 aliphatic heterocycles. The van der Waals surface area contributed by atoms with E-state index in [2.05, 4.69) is 56.0 Å². The number of urea groups is 1. The zero-order chi connectivity index (χ0) is 23.3. The molecule has 1 saturated carbocycles. The molecule has 3 amide bonds. The van der Waals surface area contributed by atoms with Crippen molar-refractivity contribution in [2.75, 3.05) is 18.4 Å². The second-order valence-electron chi connectivity index (χ2n) is 10.8. The highest BCUT2D eigenvalue weighted by Gasteiger charge is 2.54. The van der Waals surface area contributed by atoms with Crippen molar-refractivity contribution in [3.05, 3.63) is 41.0 Å². The lowest BCUT2D eigenvalue weighted by molar-refractivity contribution is -0.125. The molecule has 6 nitrogen and oxygen atoms in total. The Kier molecular flexibility index (Phi) is 5.60. The van der Waals surface area contributed by atoms with Gasteiger partial charge < -0.3 is 15.5 Å². The summed E-state index contributed by atoms with van der Waals surface area (Å²) in [5, 5.41) is 6.10. The van der Waals surface area contributed by atoms with Crippen molar-refractivity contribution in [3.8, 4) is 0 Å². The summed E-state index contributed by atoms with van der Waals surface area (Å²) in [7, 11) is -1.66. The zero-order valence-corrected chi connectivity index (χ0v) is 21.3. The molecular weight excluding hydrogens is 416 g/mol. The van der Waals surface area contributed by atoms with E-state index in [1.54, 1.807) is 0 Å². The number of carbonyl (C=O) groups is 2. The van der Waals surface area contributed by atoms with Crippen molar-refractivity contribution in [3.63, 3.8) is 0 Å². The third-order valence-corrected chi connectivity index (χ3v) is 11.6.